The fourth-order valence-corrected chi connectivity index (χ4v) is 3.19. The van der Waals surface area contributed by atoms with Crippen LogP contribution < -0.4 is 5.32 Å². The van der Waals surface area contributed by atoms with E-state index in [0.717, 1.165) is 22.9 Å². The summed E-state index contributed by atoms with van der Waals surface area (Å²) in [5, 5.41) is 15.1. The molecule has 0 aliphatic heterocycles. The molecule has 0 spiro atoms. The lowest BCUT2D eigenvalue weighted by Crippen LogP contribution is -2.39. The zero-order chi connectivity index (χ0) is 14.3. The number of hydrogen-bond donors (Lipinski definition) is 2. The minimum Gasteiger partial charge on any atom is -0.394 e. The number of aliphatic hydroxyl groups is 1. The molecule has 0 aliphatic rings. The zero-order valence-corrected chi connectivity index (χ0v) is 13.3. The molecule has 108 valence electrons. The van der Waals surface area contributed by atoms with Crippen LogP contribution in [-0.2, 0) is 10.5 Å². The van der Waals surface area contributed by atoms with Gasteiger partial charge in [-0.2, -0.15) is 0 Å². The molecular weight excluding hydrogens is 280 g/mol. The Kier molecular flexibility index (Phi) is 7.41. The van der Waals surface area contributed by atoms with E-state index in [0.29, 0.717) is 11.7 Å². The predicted molar refractivity (Wildman–Crippen MR) is 81.5 cm³/mol. The Hall–Kier alpha value is -0.590. The summed E-state index contributed by atoms with van der Waals surface area (Å²) >= 11 is 3.18. The van der Waals surface area contributed by atoms with Crippen LogP contribution in [0.5, 0.6) is 0 Å². The number of carbonyl (C=O) groups is 1. The monoisotopic (exact) mass is 302 g/mol. The number of aliphatic hydroxyl groups excluding tert-OH is 1. The number of carbonyl (C=O) groups excluding carboxylic acids is 1. The van der Waals surface area contributed by atoms with E-state index in [1.165, 1.54) is 0 Å². The Morgan fingerprint density at radius 2 is 2.32 bits per heavy atom. The van der Waals surface area contributed by atoms with Crippen LogP contribution in [0.15, 0.2) is 5.38 Å². The number of nitrogens with one attached hydrogen (secondary N) is 1. The summed E-state index contributed by atoms with van der Waals surface area (Å²) in [5.74, 6) is 1.61. The molecule has 0 aromatic carbocycles. The number of amides is 1. The molecule has 1 amide bonds. The molecule has 19 heavy (non-hydrogen) atoms. The van der Waals surface area contributed by atoms with E-state index < -0.39 is 0 Å². The first-order valence-corrected chi connectivity index (χ1v) is 8.43. The minimum atomic E-state index is -0.130. The minimum absolute atomic E-state index is 0.000131. The fourth-order valence-electron chi connectivity index (χ4n) is 1.74. The molecule has 4 nitrogen and oxygen atoms in total. The molecule has 2 N–H and O–H groups in total. The van der Waals surface area contributed by atoms with Crippen LogP contribution in [-0.4, -0.2) is 34.4 Å². The molecule has 1 aromatic heterocycles. The number of aromatic nitrogens is 1. The van der Waals surface area contributed by atoms with Gasteiger partial charge in [0.05, 0.1) is 29.1 Å². The third-order valence-electron chi connectivity index (χ3n) is 2.49. The molecule has 0 saturated heterocycles. The van der Waals surface area contributed by atoms with Gasteiger partial charge in [0, 0.05) is 11.1 Å². The molecule has 0 bridgehead atoms. The highest BCUT2D eigenvalue weighted by Crippen LogP contribution is 2.15. The molecule has 1 rings (SSSR count). The number of hydrogen-bond acceptors (Lipinski definition) is 5. The number of rotatable bonds is 8. The van der Waals surface area contributed by atoms with Crippen molar-refractivity contribution in [3.05, 3.63) is 16.1 Å². The highest BCUT2D eigenvalue weighted by Gasteiger charge is 2.13. The summed E-state index contributed by atoms with van der Waals surface area (Å²) in [7, 11) is 0. The van der Waals surface area contributed by atoms with Gasteiger partial charge in [0.1, 0.15) is 0 Å². The van der Waals surface area contributed by atoms with Gasteiger partial charge in [-0.05, 0) is 19.3 Å². The molecule has 0 fully saturated rings. The van der Waals surface area contributed by atoms with Crippen molar-refractivity contribution >= 4 is 29.0 Å². The van der Waals surface area contributed by atoms with E-state index in [1.54, 1.807) is 23.1 Å². The van der Waals surface area contributed by atoms with E-state index in [2.05, 4.69) is 24.1 Å². The maximum absolute atomic E-state index is 11.7. The van der Waals surface area contributed by atoms with Crippen molar-refractivity contribution in [2.45, 2.75) is 39.0 Å². The van der Waals surface area contributed by atoms with Gasteiger partial charge in [-0.1, -0.05) is 13.8 Å². The quantitative estimate of drug-likeness (QED) is 0.773. The van der Waals surface area contributed by atoms with Crippen LogP contribution >= 0.6 is 23.1 Å². The van der Waals surface area contributed by atoms with Crippen LogP contribution in [0.4, 0.5) is 0 Å². The number of aryl methyl sites for hydroxylation is 1. The van der Waals surface area contributed by atoms with Gasteiger partial charge in [-0.15, -0.1) is 23.1 Å². The van der Waals surface area contributed by atoms with E-state index >= 15 is 0 Å². The first-order chi connectivity index (χ1) is 9.01. The summed E-state index contributed by atoms with van der Waals surface area (Å²) in [5.41, 5.74) is 1.03. The van der Waals surface area contributed by atoms with Crippen LogP contribution in [0.3, 0.4) is 0 Å². The van der Waals surface area contributed by atoms with E-state index in [-0.39, 0.29) is 18.6 Å². The third-order valence-corrected chi connectivity index (χ3v) is 4.28. The second-order valence-electron chi connectivity index (χ2n) is 4.93. The molecule has 0 radical (unpaired) electrons. The van der Waals surface area contributed by atoms with Crippen molar-refractivity contribution in [1.29, 1.82) is 0 Å². The summed E-state index contributed by atoms with van der Waals surface area (Å²) in [6, 6.07) is -0.130. The van der Waals surface area contributed by atoms with Crippen molar-refractivity contribution < 1.29 is 9.90 Å². The Morgan fingerprint density at radius 3 is 2.84 bits per heavy atom. The van der Waals surface area contributed by atoms with Crippen molar-refractivity contribution in [3.63, 3.8) is 0 Å². The lowest BCUT2D eigenvalue weighted by Gasteiger charge is -2.18. The van der Waals surface area contributed by atoms with Gasteiger partial charge < -0.3 is 10.4 Å². The first kappa shape index (κ1) is 16.5. The van der Waals surface area contributed by atoms with Gasteiger partial charge >= 0.3 is 0 Å². The molecule has 1 heterocycles. The van der Waals surface area contributed by atoms with Crippen LogP contribution in [0.25, 0.3) is 0 Å². The average molecular weight is 302 g/mol. The largest absolute Gasteiger partial charge is 0.394 e. The summed E-state index contributed by atoms with van der Waals surface area (Å²) < 4.78 is 0. The van der Waals surface area contributed by atoms with E-state index in [1.807, 2.05) is 12.3 Å². The second kappa shape index (κ2) is 8.55. The van der Waals surface area contributed by atoms with Gasteiger partial charge in [0.15, 0.2) is 0 Å². The maximum atomic E-state index is 11.7. The summed E-state index contributed by atoms with van der Waals surface area (Å²) in [4.78, 5) is 16.1. The predicted octanol–water partition coefficient (Wildman–Crippen LogP) is 2.21. The number of nitrogens with zero attached hydrogens (tertiary/aromatic N) is 1. The van der Waals surface area contributed by atoms with Crippen LogP contribution in [0.1, 0.15) is 31.0 Å². The Balaban J connectivity index is 2.23. The Labute approximate surface area is 123 Å². The van der Waals surface area contributed by atoms with Crippen molar-refractivity contribution in [3.8, 4) is 0 Å². The normalized spacial score (nSPS) is 12.7. The molecule has 0 aliphatic carbocycles. The van der Waals surface area contributed by atoms with E-state index in [9.17, 15) is 9.90 Å². The Bertz CT molecular complexity index is 394. The molecule has 6 heteroatoms. The van der Waals surface area contributed by atoms with Crippen molar-refractivity contribution in [2.75, 3.05) is 12.4 Å². The lowest BCUT2D eigenvalue weighted by molar-refractivity contribution is -0.119. The highest BCUT2D eigenvalue weighted by atomic mass is 32.2. The average Bonchev–Trinajstić information content (AvgIpc) is 2.73. The topological polar surface area (TPSA) is 62.2 Å². The lowest BCUT2D eigenvalue weighted by atomic mass is 10.0. The first-order valence-electron chi connectivity index (χ1n) is 6.40. The van der Waals surface area contributed by atoms with Crippen molar-refractivity contribution in [2.24, 2.45) is 5.92 Å². The molecule has 1 unspecified atom stereocenters. The van der Waals surface area contributed by atoms with Crippen molar-refractivity contribution in [1.82, 2.24) is 10.3 Å². The summed E-state index contributed by atoms with van der Waals surface area (Å²) in [6.45, 7) is 6.13. The SMILES string of the molecule is Cc1nc(CSCC(=O)NC(CO)CC(C)C)cs1. The van der Waals surface area contributed by atoms with Gasteiger partial charge in [0.25, 0.3) is 0 Å². The van der Waals surface area contributed by atoms with Gasteiger partial charge in [-0.3, -0.25) is 4.79 Å². The molecule has 0 saturated carbocycles. The second-order valence-corrected chi connectivity index (χ2v) is 6.98. The van der Waals surface area contributed by atoms with Gasteiger partial charge in [0.2, 0.25) is 5.91 Å². The highest BCUT2D eigenvalue weighted by molar-refractivity contribution is 7.99. The van der Waals surface area contributed by atoms with Crippen LogP contribution in [0.2, 0.25) is 0 Å². The van der Waals surface area contributed by atoms with Crippen LogP contribution in [0, 0.1) is 12.8 Å². The number of thioether (sulfide) groups is 1. The molecular formula is C13H22N2O2S2. The summed E-state index contributed by atoms with van der Waals surface area (Å²) in [6.07, 6.45) is 0.804. The fraction of sp³-hybridized carbons (Fsp3) is 0.692. The van der Waals surface area contributed by atoms with Gasteiger partial charge in [-0.25, -0.2) is 4.98 Å². The number of thiazole rings is 1. The van der Waals surface area contributed by atoms with E-state index in [4.69, 9.17) is 0 Å². The maximum Gasteiger partial charge on any atom is 0.230 e. The zero-order valence-electron chi connectivity index (χ0n) is 11.7. The third kappa shape index (κ3) is 6.94. The smallest absolute Gasteiger partial charge is 0.230 e. The standard InChI is InChI=1S/C13H22N2O2S2/c1-9(2)4-11(5-16)15-13(17)8-18-6-12-7-19-10(3)14-12/h7,9,11,16H,4-6,8H2,1-3H3,(H,15,17). The Morgan fingerprint density at radius 1 is 1.58 bits per heavy atom. The molecule has 1 aromatic rings. The molecule has 1 atom stereocenters.